The first-order valence-electron chi connectivity index (χ1n) is 7.02. The largest absolute Gasteiger partial charge is 0.416 e. The van der Waals surface area contributed by atoms with Crippen LogP contribution in [0.15, 0.2) is 42.5 Å². The third-order valence-corrected chi connectivity index (χ3v) is 3.28. The second-order valence-corrected chi connectivity index (χ2v) is 5.07. The number of rotatable bonds is 4. The van der Waals surface area contributed by atoms with Gasteiger partial charge in [-0.25, -0.2) is 13.6 Å². The van der Waals surface area contributed by atoms with Crippen LogP contribution in [0, 0.1) is 11.6 Å². The molecule has 0 saturated heterocycles. The number of urea groups is 1. The quantitative estimate of drug-likeness (QED) is 0.726. The highest BCUT2D eigenvalue weighted by atomic mass is 19.4. The first-order chi connectivity index (χ1) is 11.7. The van der Waals surface area contributed by atoms with Gasteiger partial charge in [0.25, 0.3) is 0 Å². The molecule has 3 N–H and O–H groups in total. The third-order valence-electron chi connectivity index (χ3n) is 3.28. The van der Waals surface area contributed by atoms with Crippen LogP contribution in [0.3, 0.4) is 0 Å². The Hall–Kier alpha value is -2.68. The number of nitrogens with one attached hydrogen (secondary N) is 2. The van der Waals surface area contributed by atoms with E-state index in [4.69, 9.17) is 0 Å². The van der Waals surface area contributed by atoms with Gasteiger partial charge in [0.15, 0.2) is 0 Å². The van der Waals surface area contributed by atoms with Crippen LogP contribution >= 0.6 is 0 Å². The molecule has 0 aromatic heterocycles. The maximum Gasteiger partial charge on any atom is 0.416 e. The number of alkyl halides is 3. The van der Waals surface area contributed by atoms with Crippen LogP contribution in [-0.4, -0.2) is 17.7 Å². The number of hydrogen-bond acceptors (Lipinski definition) is 2. The summed E-state index contributed by atoms with van der Waals surface area (Å²) < 4.78 is 64.1. The predicted molar refractivity (Wildman–Crippen MR) is 79.8 cm³/mol. The number of aliphatic hydroxyl groups is 1. The van der Waals surface area contributed by atoms with Gasteiger partial charge in [-0.2, -0.15) is 13.2 Å². The highest BCUT2D eigenvalue weighted by Crippen LogP contribution is 2.29. The smallest absolute Gasteiger partial charge is 0.387 e. The van der Waals surface area contributed by atoms with Crippen molar-refractivity contribution in [3.8, 4) is 0 Å². The van der Waals surface area contributed by atoms with Gasteiger partial charge in [0.05, 0.1) is 11.7 Å². The highest BCUT2D eigenvalue weighted by molar-refractivity contribution is 5.89. The average molecular weight is 360 g/mol. The van der Waals surface area contributed by atoms with Gasteiger partial charge in [-0.05, 0) is 29.8 Å². The molecule has 2 aromatic carbocycles. The molecule has 0 unspecified atom stereocenters. The van der Waals surface area contributed by atoms with Crippen molar-refractivity contribution in [2.24, 2.45) is 0 Å². The van der Waals surface area contributed by atoms with Crippen molar-refractivity contribution in [3.63, 3.8) is 0 Å². The number of hydrogen-bond donors (Lipinski definition) is 3. The Balaban J connectivity index is 1.93. The molecule has 4 nitrogen and oxygen atoms in total. The zero-order valence-electron chi connectivity index (χ0n) is 12.6. The maximum atomic E-state index is 13.4. The molecule has 0 aliphatic rings. The lowest BCUT2D eigenvalue weighted by Crippen LogP contribution is -2.33. The summed E-state index contributed by atoms with van der Waals surface area (Å²) in [6, 6.07) is 5.80. The molecule has 25 heavy (non-hydrogen) atoms. The third kappa shape index (κ3) is 4.90. The zero-order valence-corrected chi connectivity index (χ0v) is 12.6. The summed E-state index contributed by atoms with van der Waals surface area (Å²) in [5.74, 6) is -1.95. The minimum absolute atomic E-state index is 0.144. The fourth-order valence-corrected chi connectivity index (χ4v) is 1.98. The lowest BCUT2D eigenvalue weighted by atomic mass is 10.1. The molecule has 2 amide bonds. The fraction of sp³-hybridized carbons (Fsp3) is 0.188. The number of carbonyl (C=O) groups excluding carboxylic acids is 1. The van der Waals surface area contributed by atoms with E-state index in [0.29, 0.717) is 0 Å². The van der Waals surface area contributed by atoms with E-state index in [1.807, 2.05) is 5.32 Å². The number of anilines is 1. The Labute approximate surface area is 139 Å². The van der Waals surface area contributed by atoms with E-state index in [9.17, 15) is 31.9 Å². The van der Waals surface area contributed by atoms with E-state index in [2.05, 4.69) is 5.32 Å². The molecular formula is C16H13F5N2O2. The molecular weight excluding hydrogens is 347 g/mol. The molecule has 0 bridgehead atoms. The van der Waals surface area contributed by atoms with Gasteiger partial charge < -0.3 is 15.7 Å². The minimum Gasteiger partial charge on any atom is -0.387 e. The number of halogens is 5. The van der Waals surface area contributed by atoms with Crippen molar-refractivity contribution in [2.75, 3.05) is 11.9 Å². The number of carbonyl (C=O) groups is 1. The van der Waals surface area contributed by atoms with Crippen molar-refractivity contribution >= 4 is 11.7 Å². The molecule has 0 spiro atoms. The lowest BCUT2D eigenvalue weighted by molar-refractivity contribution is -0.137. The molecule has 134 valence electrons. The van der Waals surface area contributed by atoms with E-state index in [-0.39, 0.29) is 12.1 Å². The van der Waals surface area contributed by atoms with E-state index in [1.54, 1.807) is 0 Å². The number of aliphatic hydroxyl groups excluding tert-OH is 1. The predicted octanol–water partition coefficient (Wildman–Crippen LogP) is 3.84. The SMILES string of the molecule is O=C(NC[C@@H](O)c1ccc(C(F)(F)F)cc1)Nc1c(F)cccc1F. The van der Waals surface area contributed by atoms with Crippen LogP contribution < -0.4 is 10.6 Å². The van der Waals surface area contributed by atoms with E-state index in [0.717, 1.165) is 42.5 Å². The van der Waals surface area contributed by atoms with Crippen molar-refractivity contribution < 1.29 is 31.9 Å². The fourth-order valence-electron chi connectivity index (χ4n) is 1.98. The monoisotopic (exact) mass is 360 g/mol. The molecule has 0 aliphatic carbocycles. The van der Waals surface area contributed by atoms with Crippen LogP contribution in [0.25, 0.3) is 0 Å². The summed E-state index contributed by atoms with van der Waals surface area (Å²) in [7, 11) is 0. The molecule has 0 saturated carbocycles. The van der Waals surface area contributed by atoms with Gasteiger partial charge in [-0.15, -0.1) is 0 Å². The van der Waals surface area contributed by atoms with Gasteiger partial charge in [0.2, 0.25) is 0 Å². The van der Waals surface area contributed by atoms with Crippen LogP contribution in [-0.2, 0) is 6.18 Å². The Kier molecular flexibility index (Phi) is 5.58. The summed E-state index contributed by atoms with van der Waals surface area (Å²) >= 11 is 0. The number of para-hydroxylation sites is 1. The normalized spacial score (nSPS) is 12.6. The van der Waals surface area contributed by atoms with Crippen LogP contribution in [0.4, 0.5) is 32.4 Å². The van der Waals surface area contributed by atoms with Crippen molar-refractivity contribution in [1.29, 1.82) is 0 Å². The number of amides is 2. The van der Waals surface area contributed by atoms with Gasteiger partial charge in [0.1, 0.15) is 17.3 Å². The average Bonchev–Trinajstić information content (AvgIpc) is 2.55. The van der Waals surface area contributed by atoms with E-state index >= 15 is 0 Å². The summed E-state index contributed by atoms with van der Waals surface area (Å²) in [5.41, 5.74) is -1.38. The Morgan fingerprint density at radius 1 is 1.04 bits per heavy atom. The minimum atomic E-state index is -4.49. The Morgan fingerprint density at radius 2 is 1.60 bits per heavy atom. The van der Waals surface area contributed by atoms with E-state index in [1.165, 1.54) is 0 Å². The summed E-state index contributed by atoms with van der Waals surface area (Å²) in [5, 5.41) is 14.0. The zero-order chi connectivity index (χ0) is 18.6. The summed E-state index contributed by atoms with van der Waals surface area (Å²) in [6.45, 7) is -0.368. The molecule has 0 fully saturated rings. The Morgan fingerprint density at radius 3 is 2.12 bits per heavy atom. The van der Waals surface area contributed by atoms with Crippen molar-refractivity contribution in [3.05, 3.63) is 65.2 Å². The van der Waals surface area contributed by atoms with Gasteiger partial charge in [-0.1, -0.05) is 18.2 Å². The number of benzene rings is 2. The second kappa shape index (κ2) is 7.47. The van der Waals surface area contributed by atoms with Crippen molar-refractivity contribution in [2.45, 2.75) is 12.3 Å². The first kappa shape index (κ1) is 18.7. The van der Waals surface area contributed by atoms with Gasteiger partial charge in [0, 0.05) is 6.54 Å². The molecule has 2 rings (SSSR count). The molecule has 9 heteroatoms. The molecule has 0 radical (unpaired) electrons. The van der Waals surface area contributed by atoms with Crippen LogP contribution in [0.2, 0.25) is 0 Å². The second-order valence-electron chi connectivity index (χ2n) is 5.07. The van der Waals surface area contributed by atoms with Crippen LogP contribution in [0.1, 0.15) is 17.2 Å². The lowest BCUT2D eigenvalue weighted by Gasteiger charge is -2.14. The standard InChI is InChI=1S/C16H13F5N2O2/c17-11-2-1-3-12(18)14(11)23-15(25)22-8-13(24)9-4-6-10(7-5-9)16(19,20)21/h1-7,13,24H,8H2,(H2,22,23,25)/t13-/m1/s1. The molecule has 0 heterocycles. The summed E-state index contributed by atoms with van der Waals surface area (Å²) in [6.07, 6.45) is -5.79. The Bertz CT molecular complexity index is 727. The maximum absolute atomic E-state index is 13.4. The van der Waals surface area contributed by atoms with Crippen molar-refractivity contribution in [1.82, 2.24) is 5.32 Å². The summed E-state index contributed by atoms with van der Waals surface area (Å²) in [4.78, 5) is 11.6. The first-order valence-corrected chi connectivity index (χ1v) is 7.02. The van der Waals surface area contributed by atoms with Gasteiger partial charge in [-0.3, -0.25) is 0 Å². The molecule has 1 atom stereocenters. The molecule has 2 aromatic rings. The topological polar surface area (TPSA) is 61.4 Å². The van der Waals surface area contributed by atoms with Crippen LogP contribution in [0.5, 0.6) is 0 Å². The van der Waals surface area contributed by atoms with E-state index < -0.39 is 41.2 Å². The molecule has 0 aliphatic heterocycles. The van der Waals surface area contributed by atoms with Gasteiger partial charge >= 0.3 is 12.2 Å². The highest BCUT2D eigenvalue weighted by Gasteiger charge is 2.30.